The second-order valence-corrected chi connectivity index (χ2v) is 7.59. The monoisotopic (exact) mass is 395 g/mol. The van der Waals surface area contributed by atoms with Gasteiger partial charge in [-0.25, -0.2) is 14.6 Å². The minimum atomic E-state index is -0.230. The van der Waals surface area contributed by atoms with Crippen molar-refractivity contribution in [2.75, 3.05) is 19.6 Å². The first kappa shape index (κ1) is 19.3. The van der Waals surface area contributed by atoms with E-state index < -0.39 is 0 Å². The van der Waals surface area contributed by atoms with Crippen molar-refractivity contribution in [3.8, 4) is 0 Å². The molecule has 1 saturated carbocycles. The van der Waals surface area contributed by atoms with E-state index in [-0.39, 0.29) is 17.9 Å². The SMILES string of the molecule is Cl.NC(=S)NC1(c2ncnc3c2cnn3CCN2CCCCCC2)CC1. The van der Waals surface area contributed by atoms with Crippen LogP contribution in [0.5, 0.6) is 0 Å². The highest BCUT2D eigenvalue weighted by Gasteiger charge is 2.47. The summed E-state index contributed by atoms with van der Waals surface area (Å²) >= 11 is 5.03. The van der Waals surface area contributed by atoms with Gasteiger partial charge in [0.15, 0.2) is 10.8 Å². The van der Waals surface area contributed by atoms with E-state index in [1.54, 1.807) is 6.33 Å². The Bertz CT molecular complexity index is 766. The Morgan fingerprint density at radius 2 is 1.88 bits per heavy atom. The molecule has 0 atom stereocenters. The number of hydrogen-bond acceptors (Lipinski definition) is 5. The number of halogens is 1. The van der Waals surface area contributed by atoms with Crippen LogP contribution in [0.25, 0.3) is 11.0 Å². The zero-order valence-electron chi connectivity index (χ0n) is 14.9. The molecule has 2 aromatic heterocycles. The van der Waals surface area contributed by atoms with Gasteiger partial charge in [0.25, 0.3) is 0 Å². The van der Waals surface area contributed by atoms with Gasteiger partial charge < -0.3 is 16.0 Å². The molecule has 0 spiro atoms. The number of hydrogen-bond donors (Lipinski definition) is 2. The second-order valence-electron chi connectivity index (χ2n) is 7.15. The van der Waals surface area contributed by atoms with Crippen LogP contribution in [0.4, 0.5) is 0 Å². The third-order valence-corrected chi connectivity index (χ3v) is 5.43. The van der Waals surface area contributed by atoms with Crippen molar-refractivity contribution < 1.29 is 0 Å². The maximum absolute atomic E-state index is 5.70. The molecule has 2 aromatic rings. The molecule has 7 nitrogen and oxygen atoms in total. The summed E-state index contributed by atoms with van der Waals surface area (Å²) in [6, 6.07) is 0. The number of rotatable bonds is 5. The van der Waals surface area contributed by atoms with Crippen LogP contribution < -0.4 is 11.1 Å². The van der Waals surface area contributed by atoms with Crippen molar-refractivity contribution in [1.82, 2.24) is 30.0 Å². The van der Waals surface area contributed by atoms with Crippen LogP contribution in [0.2, 0.25) is 0 Å². The normalized spacial score (nSPS) is 19.5. The number of aromatic nitrogens is 4. The Balaban J connectivity index is 0.00000196. The summed E-state index contributed by atoms with van der Waals surface area (Å²) < 4.78 is 2.00. The molecule has 4 rings (SSSR count). The molecule has 26 heavy (non-hydrogen) atoms. The van der Waals surface area contributed by atoms with Crippen LogP contribution in [-0.4, -0.2) is 49.4 Å². The molecule has 9 heteroatoms. The number of nitrogens with zero attached hydrogens (tertiary/aromatic N) is 5. The predicted octanol–water partition coefficient (Wildman–Crippen LogP) is 1.95. The minimum Gasteiger partial charge on any atom is -0.376 e. The fourth-order valence-corrected chi connectivity index (χ4v) is 4.01. The van der Waals surface area contributed by atoms with Crippen molar-refractivity contribution in [1.29, 1.82) is 0 Å². The lowest BCUT2D eigenvalue weighted by atomic mass is 10.1. The van der Waals surface area contributed by atoms with E-state index in [2.05, 4.69) is 25.3 Å². The van der Waals surface area contributed by atoms with E-state index in [0.29, 0.717) is 5.11 Å². The highest BCUT2D eigenvalue weighted by atomic mass is 35.5. The molecule has 1 aliphatic carbocycles. The van der Waals surface area contributed by atoms with Crippen molar-refractivity contribution in [2.45, 2.75) is 50.6 Å². The molecule has 1 saturated heterocycles. The van der Waals surface area contributed by atoms with Crippen molar-refractivity contribution in [2.24, 2.45) is 5.73 Å². The van der Waals surface area contributed by atoms with Gasteiger partial charge in [-0.3, -0.25) is 0 Å². The molecule has 3 heterocycles. The molecule has 0 aromatic carbocycles. The molecular weight excluding hydrogens is 370 g/mol. The fraction of sp³-hybridized carbons (Fsp3) is 0.647. The van der Waals surface area contributed by atoms with Crippen LogP contribution >= 0.6 is 24.6 Å². The van der Waals surface area contributed by atoms with Crippen molar-refractivity contribution in [3.05, 3.63) is 18.2 Å². The van der Waals surface area contributed by atoms with Gasteiger partial charge in [-0.2, -0.15) is 5.10 Å². The van der Waals surface area contributed by atoms with E-state index in [0.717, 1.165) is 42.7 Å². The molecule has 142 valence electrons. The standard InChI is InChI=1S/C17H25N7S.ClH/c18-16(25)22-17(5-6-17)14-13-11-21-24(15(13)20-12-19-14)10-9-23-7-3-1-2-4-8-23;/h11-12H,1-10H2,(H3,18,22,25);1H. The quantitative estimate of drug-likeness (QED) is 0.748. The zero-order chi connectivity index (χ0) is 17.3. The van der Waals surface area contributed by atoms with E-state index >= 15 is 0 Å². The highest BCUT2D eigenvalue weighted by Crippen LogP contribution is 2.46. The summed E-state index contributed by atoms with van der Waals surface area (Å²) in [5.74, 6) is 0. The van der Waals surface area contributed by atoms with Crippen molar-refractivity contribution in [3.63, 3.8) is 0 Å². The molecule has 1 aliphatic heterocycles. The maximum Gasteiger partial charge on any atom is 0.164 e. The van der Waals surface area contributed by atoms with Crippen LogP contribution in [0.15, 0.2) is 12.5 Å². The Kier molecular flexibility index (Phi) is 5.94. The Labute approximate surface area is 165 Å². The van der Waals surface area contributed by atoms with Crippen LogP contribution in [0.1, 0.15) is 44.2 Å². The van der Waals surface area contributed by atoms with Gasteiger partial charge in [-0.15, -0.1) is 12.4 Å². The van der Waals surface area contributed by atoms with Crippen LogP contribution in [0, 0.1) is 0 Å². The molecule has 0 bridgehead atoms. The van der Waals surface area contributed by atoms with Crippen LogP contribution in [-0.2, 0) is 12.1 Å². The van der Waals surface area contributed by atoms with Gasteiger partial charge in [0.2, 0.25) is 0 Å². The van der Waals surface area contributed by atoms with E-state index in [9.17, 15) is 0 Å². The van der Waals surface area contributed by atoms with Gasteiger partial charge >= 0.3 is 0 Å². The lowest BCUT2D eigenvalue weighted by Gasteiger charge is -2.19. The first-order valence-corrected chi connectivity index (χ1v) is 9.56. The van der Waals surface area contributed by atoms with E-state index in [1.807, 2.05) is 10.9 Å². The number of thiocarbonyl (C=S) groups is 1. The Morgan fingerprint density at radius 3 is 2.54 bits per heavy atom. The first-order chi connectivity index (χ1) is 12.2. The summed E-state index contributed by atoms with van der Waals surface area (Å²) in [5, 5.41) is 9.11. The largest absolute Gasteiger partial charge is 0.376 e. The number of nitrogens with one attached hydrogen (secondary N) is 1. The zero-order valence-corrected chi connectivity index (χ0v) is 16.5. The van der Waals surface area contributed by atoms with Crippen LogP contribution in [0.3, 0.4) is 0 Å². The Hall–Kier alpha value is -1.51. The summed E-state index contributed by atoms with van der Waals surface area (Å²) in [5.41, 5.74) is 7.33. The summed E-state index contributed by atoms with van der Waals surface area (Å²) in [6.07, 6.45) is 10.8. The first-order valence-electron chi connectivity index (χ1n) is 9.15. The highest BCUT2D eigenvalue weighted by molar-refractivity contribution is 7.80. The average molecular weight is 396 g/mol. The van der Waals surface area contributed by atoms with Crippen molar-refractivity contribution >= 4 is 40.8 Å². The molecule has 0 radical (unpaired) electrons. The van der Waals surface area contributed by atoms with Gasteiger partial charge in [0.05, 0.1) is 29.4 Å². The number of fused-ring (bicyclic) bond motifs is 1. The van der Waals surface area contributed by atoms with Gasteiger partial charge in [-0.05, 0) is 51.0 Å². The van der Waals surface area contributed by atoms with Gasteiger partial charge in [-0.1, -0.05) is 12.8 Å². The molecule has 2 fully saturated rings. The topological polar surface area (TPSA) is 84.9 Å². The predicted molar refractivity (Wildman–Crippen MR) is 108 cm³/mol. The fourth-order valence-electron chi connectivity index (χ4n) is 3.82. The second kappa shape index (κ2) is 8.02. The summed E-state index contributed by atoms with van der Waals surface area (Å²) in [6.45, 7) is 4.27. The van der Waals surface area contributed by atoms with Gasteiger partial charge in [0.1, 0.15) is 6.33 Å². The molecular formula is C17H26ClN7S. The molecule has 0 unspecified atom stereocenters. The van der Waals surface area contributed by atoms with E-state index in [1.165, 1.54) is 38.8 Å². The Morgan fingerprint density at radius 1 is 1.15 bits per heavy atom. The molecule has 2 aliphatic rings. The molecule has 3 N–H and O–H groups in total. The lowest BCUT2D eigenvalue weighted by Crippen LogP contribution is -2.39. The maximum atomic E-state index is 5.70. The average Bonchev–Trinajstić information content (AvgIpc) is 3.31. The number of likely N-dealkylation sites (tertiary alicyclic amines) is 1. The summed E-state index contributed by atoms with van der Waals surface area (Å²) in [4.78, 5) is 11.5. The third-order valence-electron chi connectivity index (χ3n) is 5.33. The number of nitrogens with two attached hydrogens (primary N) is 1. The van der Waals surface area contributed by atoms with E-state index in [4.69, 9.17) is 18.0 Å². The third kappa shape index (κ3) is 3.92. The molecule has 0 amide bonds. The smallest absolute Gasteiger partial charge is 0.164 e. The summed E-state index contributed by atoms with van der Waals surface area (Å²) in [7, 11) is 0. The van der Waals surface area contributed by atoms with Gasteiger partial charge in [0, 0.05) is 6.54 Å². The minimum absolute atomic E-state index is 0. The lowest BCUT2D eigenvalue weighted by molar-refractivity contribution is 0.270.